The van der Waals surface area contributed by atoms with Crippen molar-refractivity contribution in [3.8, 4) is 0 Å². The maximum atomic E-state index is 3.73. The zero-order valence-electron chi connectivity index (χ0n) is 13.2. The Balaban J connectivity index is 2.77. The lowest BCUT2D eigenvalue weighted by Crippen LogP contribution is -2.38. The van der Waals surface area contributed by atoms with Gasteiger partial charge in [-0.3, -0.25) is 0 Å². The smallest absolute Gasteiger partial charge is 0.0136 e. The molecule has 0 saturated carbocycles. The van der Waals surface area contributed by atoms with Crippen molar-refractivity contribution in [3.05, 3.63) is 35.4 Å². The van der Waals surface area contributed by atoms with E-state index in [4.69, 9.17) is 0 Å². The predicted molar refractivity (Wildman–Crippen MR) is 85.7 cm³/mol. The summed E-state index contributed by atoms with van der Waals surface area (Å²) in [4.78, 5) is 0. The summed E-state index contributed by atoms with van der Waals surface area (Å²) in [5, 5.41) is 3.73. The van der Waals surface area contributed by atoms with Gasteiger partial charge in [0.25, 0.3) is 0 Å². The summed E-state index contributed by atoms with van der Waals surface area (Å²) in [6.45, 7) is 10.1. The number of nitrogens with one attached hydrogen (secondary N) is 1. The van der Waals surface area contributed by atoms with Gasteiger partial charge < -0.3 is 5.32 Å². The second-order valence-corrected chi connectivity index (χ2v) is 5.63. The van der Waals surface area contributed by atoms with E-state index in [9.17, 15) is 0 Å². The number of aryl methyl sites for hydroxylation is 1. The van der Waals surface area contributed by atoms with Crippen LogP contribution in [0.1, 0.15) is 57.6 Å². The van der Waals surface area contributed by atoms with Crippen molar-refractivity contribution in [2.24, 2.45) is 5.92 Å². The molecule has 1 N–H and O–H groups in total. The van der Waals surface area contributed by atoms with Gasteiger partial charge in [-0.1, -0.05) is 57.9 Å². The van der Waals surface area contributed by atoms with Gasteiger partial charge in [0.15, 0.2) is 0 Å². The van der Waals surface area contributed by atoms with E-state index in [1.54, 1.807) is 0 Å². The molecule has 0 bridgehead atoms. The maximum absolute atomic E-state index is 3.73. The third-order valence-corrected chi connectivity index (χ3v) is 4.06. The summed E-state index contributed by atoms with van der Waals surface area (Å²) in [6.07, 6.45) is 6.45. The third kappa shape index (κ3) is 5.36. The molecule has 1 heteroatoms. The lowest BCUT2D eigenvalue weighted by molar-refractivity contribution is 0.312. The van der Waals surface area contributed by atoms with E-state index in [-0.39, 0.29) is 0 Å². The van der Waals surface area contributed by atoms with Gasteiger partial charge in [0.2, 0.25) is 0 Å². The van der Waals surface area contributed by atoms with E-state index in [1.807, 2.05) is 0 Å². The van der Waals surface area contributed by atoms with Crippen LogP contribution in [-0.2, 0) is 6.42 Å². The molecular formula is C18H31N. The molecule has 1 atom stereocenters. The number of rotatable bonds is 9. The fraction of sp³-hybridized carbons (Fsp3) is 0.667. The standard InChI is InChI=1S/C18H31N/c1-5-10-16(11-6-2)18(19-7-3)14-17-13-9-8-12-15(17)4/h8-9,12-13,16,18-19H,5-7,10-11,14H2,1-4H3. The van der Waals surface area contributed by atoms with Gasteiger partial charge in [-0.05, 0) is 49.8 Å². The Morgan fingerprint density at radius 2 is 1.63 bits per heavy atom. The van der Waals surface area contributed by atoms with Gasteiger partial charge in [-0.2, -0.15) is 0 Å². The summed E-state index contributed by atoms with van der Waals surface area (Å²) in [6, 6.07) is 9.45. The first-order valence-electron chi connectivity index (χ1n) is 8.00. The van der Waals surface area contributed by atoms with Crippen LogP contribution in [0.5, 0.6) is 0 Å². The Kier molecular flexibility index (Phi) is 7.81. The fourth-order valence-electron chi connectivity index (χ4n) is 3.03. The Hall–Kier alpha value is -0.820. The van der Waals surface area contributed by atoms with Crippen LogP contribution in [0.2, 0.25) is 0 Å². The van der Waals surface area contributed by atoms with Gasteiger partial charge in [-0.15, -0.1) is 0 Å². The minimum absolute atomic E-state index is 0.631. The van der Waals surface area contributed by atoms with E-state index in [1.165, 1.54) is 43.2 Å². The molecule has 0 radical (unpaired) electrons. The molecule has 0 aliphatic carbocycles. The van der Waals surface area contributed by atoms with E-state index in [0.29, 0.717) is 6.04 Å². The Morgan fingerprint density at radius 1 is 1.00 bits per heavy atom. The average Bonchev–Trinajstić information content (AvgIpc) is 2.40. The minimum Gasteiger partial charge on any atom is -0.314 e. The van der Waals surface area contributed by atoms with E-state index in [0.717, 1.165) is 12.5 Å². The molecular weight excluding hydrogens is 230 g/mol. The molecule has 19 heavy (non-hydrogen) atoms. The largest absolute Gasteiger partial charge is 0.314 e. The lowest BCUT2D eigenvalue weighted by Gasteiger charge is -2.28. The second kappa shape index (κ2) is 9.14. The van der Waals surface area contributed by atoms with E-state index in [2.05, 4.69) is 57.3 Å². The van der Waals surface area contributed by atoms with Crippen molar-refractivity contribution in [1.29, 1.82) is 0 Å². The van der Waals surface area contributed by atoms with Gasteiger partial charge in [-0.25, -0.2) is 0 Å². The van der Waals surface area contributed by atoms with Gasteiger partial charge in [0.1, 0.15) is 0 Å². The summed E-state index contributed by atoms with van der Waals surface area (Å²) in [7, 11) is 0. The maximum Gasteiger partial charge on any atom is 0.0136 e. The molecule has 0 fully saturated rings. The summed E-state index contributed by atoms with van der Waals surface area (Å²) in [5.74, 6) is 0.814. The van der Waals surface area contributed by atoms with Crippen LogP contribution in [-0.4, -0.2) is 12.6 Å². The van der Waals surface area contributed by atoms with Crippen LogP contribution in [0.3, 0.4) is 0 Å². The Bertz CT molecular complexity index is 339. The highest BCUT2D eigenvalue weighted by Crippen LogP contribution is 2.22. The number of benzene rings is 1. The number of hydrogen-bond donors (Lipinski definition) is 1. The van der Waals surface area contributed by atoms with E-state index < -0.39 is 0 Å². The first-order valence-corrected chi connectivity index (χ1v) is 8.00. The highest BCUT2D eigenvalue weighted by molar-refractivity contribution is 5.26. The Morgan fingerprint density at radius 3 is 2.16 bits per heavy atom. The molecule has 1 aromatic rings. The molecule has 1 aromatic carbocycles. The van der Waals surface area contributed by atoms with Gasteiger partial charge in [0.05, 0.1) is 0 Å². The van der Waals surface area contributed by atoms with Gasteiger partial charge in [0, 0.05) is 6.04 Å². The number of hydrogen-bond acceptors (Lipinski definition) is 1. The van der Waals surface area contributed by atoms with E-state index >= 15 is 0 Å². The molecule has 0 aliphatic rings. The summed E-state index contributed by atoms with van der Waals surface area (Å²) >= 11 is 0. The highest BCUT2D eigenvalue weighted by Gasteiger charge is 2.20. The number of likely N-dealkylation sites (N-methyl/N-ethyl adjacent to an activating group) is 1. The van der Waals surface area contributed by atoms with Crippen molar-refractivity contribution in [2.75, 3.05) is 6.54 Å². The first-order chi connectivity index (χ1) is 9.22. The molecule has 0 heterocycles. The fourth-order valence-corrected chi connectivity index (χ4v) is 3.03. The van der Waals surface area contributed by atoms with Gasteiger partial charge >= 0.3 is 0 Å². The topological polar surface area (TPSA) is 12.0 Å². The average molecular weight is 261 g/mol. The van der Waals surface area contributed by atoms with Crippen molar-refractivity contribution >= 4 is 0 Å². The predicted octanol–water partition coefficient (Wildman–Crippen LogP) is 4.73. The van der Waals surface area contributed by atoms with Crippen molar-refractivity contribution in [3.63, 3.8) is 0 Å². The molecule has 0 amide bonds. The molecule has 108 valence electrons. The molecule has 1 unspecified atom stereocenters. The van der Waals surface area contributed by atoms with Crippen LogP contribution >= 0.6 is 0 Å². The highest BCUT2D eigenvalue weighted by atomic mass is 14.9. The summed E-state index contributed by atoms with van der Waals surface area (Å²) < 4.78 is 0. The van der Waals surface area contributed by atoms with Crippen LogP contribution < -0.4 is 5.32 Å². The first kappa shape index (κ1) is 16.2. The molecule has 0 spiro atoms. The zero-order chi connectivity index (χ0) is 14.1. The molecule has 0 aromatic heterocycles. The quantitative estimate of drug-likeness (QED) is 0.677. The minimum atomic E-state index is 0.631. The lowest BCUT2D eigenvalue weighted by atomic mass is 9.86. The molecule has 1 nitrogen and oxygen atoms in total. The SMILES string of the molecule is CCCC(CCC)C(Cc1ccccc1C)NCC. The monoisotopic (exact) mass is 261 g/mol. The van der Waals surface area contributed by atoms with Crippen LogP contribution in [0.25, 0.3) is 0 Å². The van der Waals surface area contributed by atoms with Crippen molar-refractivity contribution in [1.82, 2.24) is 5.32 Å². The molecule has 0 saturated heterocycles. The molecule has 0 aliphatic heterocycles. The van der Waals surface area contributed by atoms with Crippen molar-refractivity contribution in [2.45, 2.75) is 65.8 Å². The third-order valence-electron chi connectivity index (χ3n) is 4.06. The van der Waals surface area contributed by atoms with Crippen LogP contribution in [0.4, 0.5) is 0 Å². The molecule has 1 rings (SSSR count). The Labute approximate surface area is 119 Å². The summed E-state index contributed by atoms with van der Waals surface area (Å²) in [5.41, 5.74) is 2.93. The zero-order valence-corrected chi connectivity index (χ0v) is 13.2. The normalized spacial score (nSPS) is 12.9. The van der Waals surface area contributed by atoms with Crippen LogP contribution in [0, 0.1) is 12.8 Å². The van der Waals surface area contributed by atoms with Crippen LogP contribution in [0.15, 0.2) is 24.3 Å². The van der Waals surface area contributed by atoms with Crippen molar-refractivity contribution < 1.29 is 0 Å². The second-order valence-electron chi connectivity index (χ2n) is 5.63.